The fourth-order valence-electron chi connectivity index (χ4n) is 1.19. The van der Waals surface area contributed by atoms with Crippen LogP contribution < -0.4 is 27.0 Å². The maximum absolute atomic E-state index is 8.74. The van der Waals surface area contributed by atoms with Crippen LogP contribution in [-0.2, 0) is 9.20 Å². The number of halogens is 1. The summed E-state index contributed by atoms with van der Waals surface area (Å²) in [6, 6.07) is 0. The fraction of sp³-hybridized carbons (Fsp3) is 0.917. The van der Waals surface area contributed by atoms with Gasteiger partial charge in [-0.15, -0.1) is 11.6 Å². The minimum absolute atomic E-state index is 0.400. The molecule has 0 aromatic carbocycles. The van der Waals surface area contributed by atoms with Crippen molar-refractivity contribution in [3.8, 4) is 6.19 Å². The predicted octanol–water partition coefficient (Wildman–Crippen LogP) is -3.21. The molecule has 0 saturated carbocycles. The third-order valence-corrected chi connectivity index (χ3v) is 2.70. The number of hydrogen-bond acceptors (Lipinski definition) is 8. The molecule has 1 atom stereocenters. The number of alkyl halides is 1. The van der Waals surface area contributed by atoms with Crippen LogP contribution in [-0.4, -0.2) is 89.7 Å². The van der Waals surface area contributed by atoms with Gasteiger partial charge in [-0.1, -0.05) is 0 Å². The first-order valence-electron chi connectivity index (χ1n) is 7.62. The molecule has 1 fully saturated rings. The molecule has 0 aliphatic carbocycles. The summed E-state index contributed by atoms with van der Waals surface area (Å²) < 4.78 is 13.5. The van der Waals surface area contributed by atoms with E-state index in [0.717, 1.165) is 45.9 Å². The minimum Gasteiger partial charge on any atom is -0.511 e. The van der Waals surface area contributed by atoms with Crippen LogP contribution in [0.25, 0.3) is 0 Å². The number of epoxide rings is 1. The summed E-state index contributed by atoms with van der Waals surface area (Å²) in [5.74, 6) is 0.667. The Labute approximate surface area is 149 Å². The lowest BCUT2D eigenvalue weighted by molar-refractivity contribution is 0.330. The number of nitrogens with one attached hydrogen (secondary N) is 4. The molecule has 12 heteroatoms. The van der Waals surface area contributed by atoms with Crippen LogP contribution >= 0.6 is 11.6 Å². The second-order valence-electron chi connectivity index (χ2n) is 4.47. The number of nitrogens with zero attached hydrogens (tertiary/aromatic N) is 1. The lowest BCUT2D eigenvalue weighted by Gasteiger charge is -2.06. The van der Waals surface area contributed by atoms with E-state index >= 15 is 0 Å². The zero-order valence-electron chi connectivity index (χ0n) is 13.8. The van der Waals surface area contributed by atoms with Crippen molar-refractivity contribution >= 4 is 20.8 Å². The topological polar surface area (TPSA) is 168 Å². The maximum atomic E-state index is 8.74. The van der Waals surface area contributed by atoms with E-state index in [2.05, 4.69) is 21.3 Å². The van der Waals surface area contributed by atoms with Crippen LogP contribution in [0.15, 0.2) is 0 Å². The molecule has 8 N–H and O–H groups in total. The summed E-state index contributed by atoms with van der Waals surface area (Å²) in [5.41, 5.74) is 5.33. The van der Waals surface area contributed by atoms with Gasteiger partial charge in [0.05, 0.1) is 18.6 Å². The Hall–Kier alpha value is -1.00. The molecule has 0 aromatic rings. The molecule has 1 unspecified atom stereocenters. The molecule has 24 heavy (non-hydrogen) atoms. The smallest absolute Gasteiger partial charge is 0.511 e. The van der Waals surface area contributed by atoms with Crippen molar-refractivity contribution in [2.24, 2.45) is 5.73 Å². The first-order valence-corrected chi connectivity index (χ1v) is 9.45. The van der Waals surface area contributed by atoms with Gasteiger partial charge >= 0.3 is 9.17 Å². The van der Waals surface area contributed by atoms with Crippen molar-refractivity contribution in [3.05, 3.63) is 0 Å². The summed E-state index contributed by atoms with van der Waals surface area (Å²) >= 11 is 5.27. The minimum atomic E-state index is -3.13. The monoisotopic (exact) mass is 384 g/mol. The lowest BCUT2D eigenvalue weighted by Crippen LogP contribution is -2.35. The Morgan fingerprint density at radius 2 is 1.54 bits per heavy atom. The fourth-order valence-corrected chi connectivity index (χ4v) is 1.37. The first-order chi connectivity index (χ1) is 11.6. The molecule has 0 bridgehead atoms. The van der Waals surface area contributed by atoms with Crippen LogP contribution in [0.1, 0.15) is 0 Å². The second kappa shape index (κ2) is 22.0. The van der Waals surface area contributed by atoms with Gasteiger partial charge in [-0.2, -0.15) is 5.26 Å². The van der Waals surface area contributed by atoms with Crippen LogP contribution in [0, 0.1) is 11.5 Å². The third-order valence-electron chi connectivity index (χ3n) is 2.36. The zero-order chi connectivity index (χ0) is 18.5. The van der Waals surface area contributed by atoms with Gasteiger partial charge in [-0.3, -0.25) is 4.46 Å². The molecule has 0 aromatic heterocycles. The summed E-state index contributed by atoms with van der Waals surface area (Å²) in [7, 11) is -3.13. The summed E-state index contributed by atoms with van der Waals surface area (Å²) in [4.78, 5) is 14.3. The molecule has 142 valence electrons. The Morgan fingerprint density at radius 1 is 1.12 bits per heavy atom. The molecule has 1 aliphatic heterocycles. The van der Waals surface area contributed by atoms with Crippen molar-refractivity contribution in [2.75, 3.05) is 64.8 Å². The van der Waals surface area contributed by atoms with Gasteiger partial charge in [0, 0.05) is 52.4 Å². The van der Waals surface area contributed by atoms with Crippen LogP contribution in [0.4, 0.5) is 0 Å². The molecular weight excluding hydrogens is 356 g/mol. The van der Waals surface area contributed by atoms with Crippen molar-refractivity contribution < 1.29 is 18.8 Å². The predicted molar refractivity (Wildman–Crippen MR) is 92.6 cm³/mol. The van der Waals surface area contributed by atoms with Gasteiger partial charge in [0.15, 0.2) is 6.19 Å². The second-order valence-corrected chi connectivity index (χ2v) is 5.34. The van der Waals surface area contributed by atoms with Gasteiger partial charge in [-0.25, -0.2) is 0 Å². The highest BCUT2D eigenvalue weighted by Crippen LogP contribution is 2.08. The molecule has 1 saturated heterocycles. The van der Waals surface area contributed by atoms with E-state index in [9.17, 15) is 0 Å². The molecule has 1 aliphatic rings. The SMILES string of the molecule is ClCC1CO1.N#CNCCNCCNCCNCCN.O=[Si](O)O. The third kappa shape index (κ3) is 32.8. The van der Waals surface area contributed by atoms with Crippen molar-refractivity contribution in [2.45, 2.75) is 6.10 Å². The van der Waals surface area contributed by atoms with Gasteiger partial charge < -0.3 is 41.3 Å². The van der Waals surface area contributed by atoms with Gasteiger partial charge in [-0.05, 0) is 0 Å². The van der Waals surface area contributed by atoms with Crippen molar-refractivity contribution in [1.29, 1.82) is 5.26 Å². The molecule has 1 heterocycles. The van der Waals surface area contributed by atoms with Crippen molar-refractivity contribution in [3.63, 3.8) is 0 Å². The average Bonchev–Trinajstić information content (AvgIpc) is 3.37. The normalized spacial score (nSPS) is 14.3. The molecule has 1 rings (SSSR count). The average molecular weight is 385 g/mol. The number of nitriles is 1. The highest BCUT2D eigenvalue weighted by Gasteiger charge is 2.19. The number of rotatable bonds is 12. The van der Waals surface area contributed by atoms with E-state index in [4.69, 9.17) is 41.4 Å². The highest BCUT2D eigenvalue weighted by atomic mass is 35.5. The number of nitrogens with two attached hydrogens (primary N) is 1. The molecule has 10 nitrogen and oxygen atoms in total. The molecule has 0 spiro atoms. The van der Waals surface area contributed by atoms with Crippen LogP contribution in [0.2, 0.25) is 0 Å². The Balaban J connectivity index is 0. The maximum Gasteiger partial charge on any atom is 0.761 e. The highest BCUT2D eigenvalue weighted by molar-refractivity contribution is 6.22. The molecule has 0 amide bonds. The Bertz CT molecular complexity index is 316. The van der Waals surface area contributed by atoms with E-state index in [-0.39, 0.29) is 0 Å². The van der Waals surface area contributed by atoms with E-state index in [1.807, 2.05) is 6.19 Å². The summed E-state index contributed by atoms with van der Waals surface area (Å²) in [6.07, 6.45) is 2.27. The van der Waals surface area contributed by atoms with Gasteiger partial charge in [0.2, 0.25) is 0 Å². The van der Waals surface area contributed by atoms with Crippen molar-refractivity contribution in [1.82, 2.24) is 21.3 Å². The van der Waals surface area contributed by atoms with E-state index in [0.29, 0.717) is 25.1 Å². The van der Waals surface area contributed by atoms with Gasteiger partial charge in [0.1, 0.15) is 0 Å². The van der Waals surface area contributed by atoms with E-state index < -0.39 is 9.17 Å². The Morgan fingerprint density at radius 3 is 1.83 bits per heavy atom. The molecular formula is C12H29ClN6O4Si. The number of ether oxygens (including phenoxy) is 1. The van der Waals surface area contributed by atoms with Crippen LogP contribution in [0.5, 0.6) is 0 Å². The van der Waals surface area contributed by atoms with Gasteiger partial charge in [0.25, 0.3) is 0 Å². The quantitative estimate of drug-likeness (QED) is 0.0454. The van der Waals surface area contributed by atoms with Crippen LogP contribution in [0.3, 0.4) is 0 Å². The Kier molecular flexibility index (Phi) is 23.1. The summed E-state index contributed by atoms with van der Waals surface area (Å²) in [5, 5.41) is 20.5. The van der Waals surface area contributed by atoms with E-state index in [1.54, 1.807) is 0 Å². The standard InChI is InChI=1S/C9H22N6.C3H5ClO.H2O3Si/c10-1-2-12-3-4-13-5-6-14-7-8-15-9-11;4-1-3-2-5-3;1-4(2)3/h12-15H,1-8,10H2;3H,1-2H2;1-2H. The first kappa shape index (κ1) is 25.2. The number of hydrogen-bond donors (Lipinski definition) is 7. The lowest BCUT2D eigenvalue weighted by atomic mass is 10.5. The largest absolute Gasteiger partial charge is 0.761 e. The molecule has 0 radical (unpaired) electrons. The summed E-state index contributed by atoms with van der Waals surface area (Å²) in [6.45, 7) is 7.72. The zero-order valence-corrected chi connectivity index (χ0v) is 15.5. The van der Waals surface area contributed by atoms with E-state index in [1.165, 1.54) is 0 Å².